The molecule has 1 heterocycles. The Kier molecular flexibility index (Phi) is 7.28. The molecule has 7 nitrogen and oxygen atoms in total. The first-order chi connectivity index (χ1) is 10.5. The van der Waals surface area contributed by atoms with Gasteiger partial charge in [-0.05, 0) is 25.8 Å². The zero-order chi connectivity index (χ0) is 16.5. The topological polar surface area (TPSA) is 81.5 Å². The molecule has 1 aromatic rings. The van der Waals surface area contributed by atoms with E-state index in [1.807, 2.05) is 13.8 Å². The lowest BCUT2D eigenvalue weighted by Crippen LogP contribution is -2.38. The van der Waals surface area contributed by atoms with Crippen molar-refractivity contribution < 1.29 is 14.3 Å². The first-order valence-corrected chi connectivity index (χ1v) is 7.56. The molecule has 0 atom stereocenters. The normalized spacial score (nSPS) is 10.3. The van der Waals surface area contributed by atoms with Crippen LogP contribution in [0.15, 0.2) is 16.9 Å². The van der Waals surface area contributed by atoms with E-state index in [0.29, 0.717) is 19.5 Å². The first kappa shape index (κ1) is 17.9. The highest BCUT2D eigenvalue weighted by atomic mass is 16.5. The number of hydrogen-bond acceptors (Lipinski definition) is 5. The number of carbonyl (C=O) groups excluding carboxylic acids is 2. The average Bonchev–Trinajstić information content (AvgIpc) is 2.49. The van der Waals surface area contributed by atoms with E-state index >= 15 is 0 Å². The maximum absolute atomic E-state index is 12.5. The van der Waals surface area contributed by atoms with E-state index in [9.17, 15) is 14.4 Å². The Morgan fingerprint density at radius 2 is 1.95 bits per heavy atom. The fraction of sp³-hybridized carbons (Fsp3) is 0.600. The lowest BCUT2D eigenvalue weighted by Gasteiger charge is -2.20. The Balaban J connectivity index is 2.95. The van der Waals surface area contributed by atoms with Crippen molar-refractivity contribution in [3.05, 3.63) is 28.2 Å². The van der Waals surface area contributed by atoms with Gasteiger partial charge in [0.25, 0.3) is 11.5 Å². The molecule has 1 aromatic heterocycles. The van der Waals surface area contributed by atoms with Crippen molar-refractivity contribution >= 4 is 11.9 Å². The van der Waals surface area contributed by atoms with E-state index < -0.39 is 5.97 Å². The number of carbonyl (C=O) groups is 2. The Bertz CT molecular complexity index is 568. The van der Waals surface area contributed by atoms with Gasteiger partial charge in [0.2, 0.25) is 0 Å². The van der Waals surface area contributed by atoms with Crippen molar-refractivity contribution in [3.8, 4) is 0 Å². The second-order valence-electron chi connectivity index (χ2n) is 4.81. The van der Waals surface area contributed by atoms with Gasteiger partial charge in [-0.2, -0.15) is 5.10 Å². The van der Waals surface area contributed by atoms with Gasteiger partial charge in [-0.25, -0.2) is 4.68 Å². The van der Waals surface area contributed by atoms with E-state index in [0.717, 1.165) is 6.42 Å². The molecule has 1 amide bonds. The fourth-order valence-electron chi connectivity index (χ4n) is 1.98. The molecule has 22 heavy (non-hydrogen) atoms. The minimum Gasteiger partial charge on any atom is -0.465 e. The predicted octanol–water partition coefficient (Wildman–Crippen LogP) is 1.07. The zero-order valence-corrected chi connectivity index (χ0v) is 13.4. The lowest BCUT2D eigenvalue weighted by molar-refractivity contribution is -0.143. The van der Waals surface area contributed by atoms with Crippen molar-refractivity contribution in [3.63, 3.8) is 0 Å². The van der Waals surface area contributed by atoms with Crippen LogP contribution in [-0.2, 0) is 16.1 Å². The van der Waals surface area contributed by atoms with Crippen LogP contribution in [0.25, 0.3) is 0 Å². The van der Waals surface area contributed by atoms with Crippen LogP contribution in [0, 0.1) is 0 Å². The molecule has 0 N–H and O–H groups in total. The highest BCUT2D eigenvalue weighted by Crippen LogP contribution is 2.02. The average molecular weight is 309 g/mol. The van der Waals surface area contributed by atoms with Crippen LogP contribution >= 0.6 is 0 Å². The summed E-state index contributed by atoms with van der Waals surface area (Å²) in [5.74, 6) is -0.828. The van der Waals surface area contributed by atoms with Gasteiger partial charge < -0.3 is 9.64 Å². The van der Waals surface area contributed by atoms with Crippen LogP contribution in [0.1, 0.15) is 44.1 Å². The number of rotatable bonds is 8. The molecule has 1 rings (SSSR count). The first-order valence-electron chi connectivity index (χ1n) is 7.56. The Hall–Kier alpha value is -2.18. The third-order valence-electron chi connectivity index (χ3n) is 2.93. The van der Waals surface area contributed by atoms with Crippen LogP contribution < -0.4 is 5.56 Å². The molecule has 0 spiro atoms. The molecule has 0 fully saturated rings. The lowest BCUT2D eigenvalue weighted by atomic mass is 10.3. The van der Waals surface area contributed by atoms with Gasteiger partial charge in [-0.15, -0.1) is 0 Å². The van der Waals surface area contributed by atoms with Gasteiger partial charge in [0.05, 0.1) is 6.61 Å². The van der Waals surface area contributed by atoms with E-state index in [4.69, 9.17) is 4.74 Å². The van der Waals surface area contributed by atoms with Crippen molar-refractivity contribution in [1.82, 2.24) is 14.7 Å². The second kappa shape index (κ2) is 8.96. The highest BCUT2D eigenvalue weighted by Gasteiger charge is 2.20. The summed E-state index contributed by atoms with van der Waals surface area (Å²) < 4.78 is 6.14. The van der Waals surface area contributed by atoms with Gasteiger partial charge in [0.15, 0.2) is 0 Å². The summed E-state index contributed by atoms with van der Waals surface area (Å²) in [6.45, 7) is 6.58. The van der Waals surface area contributed by atoms with Gasteiger partial charge in [-0.3, -0.25) is 14.4 Å². The van der Waals surface area contributed by atoms with Crippen LogP contribution in [0.4, 0.5) is 0 Å². The molecule has 0 aliphatic carbocycles. The van der Waals surface area contributed by atoms with Gasteiger partial charge in [0.1, 0.15) is 12.2 Å². The number of esters is 1. The summed E-state index contributed by atoms with van der Waals surface area (Å²) in [5, 5.41) is 4.08. The summed E-state index contributed by atoms with van der Waals surface area (Å²) in [7, 11) is 0. The molecule has 0 unspecified atom stereocenters. The molecule has 0 bridgehead atoms. The Labute approximate surface area is 129 Å². The number of hydrogen-bond donors (Lipinski definition) is 0. The molecule has 0 saturated heterocycles. The monoisotopic (exact) mass is 309 g/mol. The molecule has 122 valence electrons. The molecule has 0 aromatic carbocycles. The van der Waals surface area contributed by atoms with Crippen molar-refractivity contribution in [2.75, 3.05) is 19.7 Å². The zero-order valence-electron chi connectivity index (χ0n) is 13.4. The summed E-state index contributed by atoms with van der Waals surface area (Å²) in [4.78, 5) is 37.1. The molecule has 0 aliphatic heterocycles. The number of nitrogens with zero attached hydrogens (tertiary/aromatic N) is 3. The quantitative estimate of drug-likeness (QED) is 0.671. The van der Waals surface area contributed by atoms with Crippen LogP contribution in [0.3, 0.4) is 0 Å². The summed E-state index contributed by atoms with van der Waals surface area (Å²) >= 11 is 0. The van der Waals surface area contributed by atoms with Gasteiger partial charge in [0, 0.05) is 19.2 Å². The minimum atomic E-state index is -0.453. The molecule has 0 saturated carbocycles. The van der Waals surface area contributed by atoms with Gasteiger partial charge >= 0.3 is 5.97 Å². The largest absolute Gasteiger partial charge is 0.465 e. The van der Waals surface area contributed by atoms with Crippen molar-refractivity contribution in [1.29, 1.82) is 0 Å². The molecular weight excluding hydrogens is 286 g/mol. The predicted molar refractivity (Wildman–Crippen MR) is 81.6 cm³/mol. The van der Waals surface area contributed by atoms with Crippen molar-refractivity contribution in [2.24, 2.45) is 0 Å². The van der Waals surface area contributed by atoms with E-state index in [1.165, 1.54) is 21.7 Å². The van der Waals surface area contributed by atoms with Crippen LogP contribution in [-0.4, -0.2) is 46.3 Å². The van der Waals surface area contributed by atoms with E-state index in [-0.39, 0.29) is 30.3 Å². The maximum Gasteiger partial charge on any atom is 0.325 e. The van der Waals surface area contributed by atoms with E-state index in [1.54, 1.807) is 6.92 Å². The SMILES string of the molecule is CCCN(CC(=O)OCC)C(=O)c1ccc(=O)n(CCC)n1. The Morgan fingerprint density at radius 1 is 1.23 bits per heavy atom. The number of aryl methyl sites for hydroxylation is 1. The maximum atomic E-state index is 12.5. The van der Waals surface area contributed by atoms with Crippen LogP contribution in [0.2, 0.25) is 0 Å². The molecule has 7 heteroatoms. The molecular formula is C15H23N3O4. The standard InChI is InChI=1S/C15H23N3O4/c1-4-9-17(11-14(20)22-6-3)15(21)12-7-8-13(19)18(16-12)10-5-2/h7-8H,4-6,9-11H2,1-3H3. The van der Waals surface area contributed by atoms with E-state index in [2.05, 4.69) is 5.10 Å². The third kappa shape index (κ3) is 4.98. The molecule has 0 radical (unpaired) electrons. The highest BCUT2D eigenvalue weighted by molar-refractivity contribution is 5.94. The van der Waals surface area contributed by atoms with Crippen molar-refractivity contribution in [2.45, 2.75) is 40.2 Å². The summed E-state index contributed by atoms with van der Waals surface area (Å²) in [6, 6.07) is 2.72. The Morgan fingerprint density at radius 3 is 2.55 bits per heavy atom. The minimum absolute atomic E-state index is 0.116. The van der Waals surface area contributed by atoms with Gasteiger partial charge in [-0.1, -0.05) is 13.8 Å². The van der Waals surface area contributed by atoms with Crippen LogP contribution in [0.5, 0.6) is 0 Å². The second-order valence-corrected chi connectivity index (χ2v) is 4.81. The third-order valence-corrected chi connectivity index (χ3v) is 2.93. The molecule has 0 aliphatic rings. The summed E-state index contributed by atoms with van der Waals surface area (Å²) in [5.41, 5.74) is -0.0865. The number of ether oxygens (including phenoxy) is 1. The smallest absolute Gasteiger partial charge is 0.325 e. The summed E-state index contributed by atoms with van der Waals surface area (Å²) in [6.07, 6.45) is 1.45. The number of aromatic nitrogens is 2. The fourth-order valence-corrected chi connectivity index (χ4v) is 1.98. The number of amides is 1.